The molecule has 114 valence electrons. The van der Waals surface area contributed by atoms with Gasteiger partial charge in [0.2, 0.25) is 0 Å². The number of hydrogen-bond donors (Lipinski definition) is 0. The summed E-state index contributed by atoms with van der Waals surface area (Å²) in [7, 11) is 0.155. The molecule has 0 N–H and O–H groups in total. The van der Waals surface area contributed by atoms with E-state index in [0.717, 1.165) is 12.6 Å². The number of esters is 1. The normalized spacial score (nSPS) is 10.6. The molecule has 0 aliphatic heterocycles. The van der Waals surface area contributed by atoms with Gasteiger partial charge in [-0.15, -0.1) is 0 Å². The van der Waals surface area contributed by atoms with Gasteiger partial charge in [0, 0.05) is 12.6 Å². The second-order valence-electron chi connectivity index (χ2n) is 3.40. The zero-order valence-electron chi connectivity index (χ0n) is 11.9. The van der Waals surface area contributed by atoms with Gasteiger partial charge in [-0.05, 0) is 27.9 Å². The van der Waals surface area contributed by atoms with Crippen LogP contribution in [0.25, 0.3) is 0 Å². The van der Waals surface area contributed by atoms with Crippen LogP contribution in [-0.2, 0) is 28.3 Å². The van der Waals surface area contributed by atoms with Gasteiger partial charge in [0.1, 0.15) is 6.61 Å². The third-order valence-electron chi connectivity index (χ3n) is 1.47. The molecule has 0 amide bonds. The Morgan fingerprint density at radius 3 is 2.00 bits per heavy atom. The van der Waals surface area contributed by atoms with Crippen LogP contribution in [0, 0.1) is 0 Å². The van der Waals surface area contributed by atoms with Gasteiger partial charge < -0.3 is 9.64 Å². The maximum Gasteiger partial charge on any atom is 0.399 e. The first-order chi connectivity index (χ1) is 8.79. The van der Waals surface area contributed by atoms with Gasteiger partial charge in [0.15, 0.2) is 0 Å². The van der Waals surface area contributed by atoms with Crippen molar-refractivity contribution in [2.75, 3.05) is 40.5 Å². The number of carbonyl (C=O) groups is 1. The molecule has 0 aromatic heterocycles. The molecular weight excluding hydrogens is 274 g/mol. The summed E-state index contributed by atoms with van der Waals surface area (Å²) >= 11 is 0. The molecule has 0 fully saturated rings. The van der Waals surface area contributed by atoms with E-state index in [1.807, 2.05) is 19.0 Å². The topological polar surface area (TPSA) is 82.1 Å². The fraction of sp³-hybridized carbons (Fsp3) is 0.727. The third kappa shape index (κ3) is 17.0. The Balaban J connectivity index is 0. The van der Waals surface area contributed by atoms with E-state index in [9.17, 15) is 13.2 Å². The SMILES string of the molecule is C=CC(=O)OCCN(C)C.CCOS(=O)(=O)OCC. The molecular formula is C11H23NO6S. The quantitative estimate of drug-likeness (QED) is 0.479. The molecule has 0 spiro atoms. The molecule has 0 atom stereocenters. The van der Waals surface area contributed by atoms with Gasteiger partial charge in [0.05, 0.1) is 13.2 Å². The van der Waals surface area contributed by atoms with Crippen LogP contribution in [0.15, 0.2) is 12.7 Å². The minimum atomic E-state index is -3.68. The lowest BCUT2D eigenvalue weighted by atomic mass is 10.6. The predicted octanol–water partition coefficient (Wildman–Crippen LogP) is 0.581. The van der Waals surface area contributed by atoms with E-state index in [2.05, 4.69) is 14.9 Å². The maximum atomic E-state index is 10.4. The summed E-state index contributed by atoms with van der Waals surface area (Å²) in [6.07, 6.45) is 1.16. The van der Waals surface area contributed by atoms with Crippen molar-refractivity contribution in [2.24, 2.45) is 0 Å². The average molecular weight is 297 g/mol. The molecule has 0 aromatic rings. The van der Waals surface area contributed by atoms with E-state index in [4.69, 9.17) is 4.74 Å². The van der Waals surface area contributed by atoms with Gasteiger partial charge >= 0.3 is 16.4 Å². The van der Waals surface area contributed by atoms with Crippen molar-refractivity contribution in [2.45, 2.75) is 13.8 Å². The van der Waals surface area contributed by atoms with Crippen LogP contribution < -0.4 is 0 Å². The Kier molecular flexibility index (Phi) is 13.0. The predicted molar refractivity (Wildman–Crippen MR) is 71.9 cm³/mol. The van der Waals surface area contributed by atoms with E-state index in [1.165, 1.54) is 0 Å². The van der Waals surface area contributed by atoms with Gasteiger partial charge in [0.25, 0.3) is 0 Å². The van der Waals surface area contributed by atoms with Crippen molar-refractivity contribution in [3.63, 3.8) is 0 Å². The molecule has 7 nitrogen and oxygen atoms in total. The highest BCUT2D eigenvalue weighted by molar-refractivity contribution is 7.81. The van der Waals surface area contributed by atoms with Crippen molar-refractivity contribution in [3.05, 3.63) is 12.7 Å². The molecule has 0 radical (unpaired) electrons. The first-order valence-electron chi connectivity index (χ1n) is 5.76. The average Bonchev–Trinajstić information content (AvgIpc) is 2.28. The number of nitrogens with zero attached hydrogens (tertiary/aromatic N) is 1. The lowest BCUT2D eigenvalue weighted by Gasteiger charge is -2.07. The molecule has 8 heteroatoms. The van der Waals surface area contributed by atoms with Crippen molar-refractivity contribution >= 4 is 16.4 Å². The molecule has 0 heterocycles. The van der Waals surface area contributed by atoms with Gasteiger partial charge in [-0.1, -0.05) is 6.58 Å². The third-order valence-corrected chi connectivity index (χ3v) is 2.52. The lowest BCUT2D eigenvalue weighted by Crippen LogP contribution is -2.19. The van der Waals surface area contributed by atoms with E-state index in [1.54, 1.807) is 13.8 Å². The minimum absolute atomic E-state index is 0.113. The van der Waals surface area contributed by atoms with Crippen LogP contribution in [0.3, 0.4) is 0 Å². The zero-order valence-corrected chi connectivity index (χ0v) is 12.7. The summed E-state index contributed by atoms with van der Waals surface area (Å²) in [4.78, 5) is 12.4. The van der Waals surface area contributed by atoms with Crippen LogP contribution in [0.4, 0.5) is 0 Å². The summed E-state index contributed by atoms with van der Waals surface area (Å²) < 4.78 is 33.9. The summed E-state index contributed by atoms with van der Waals surface area (Å²) in [5.74, 6) is -0.359. The monoisotopic (exact) mass is 297 g/mol. The standard InChI is InChI=1S/C7H13NO2.C4H10O4S/c1-4-7(9)10-6-5-8(2)3;1-3-7-9(5,6)8-4-2/h4H,1,5-6H2,2-3H3;3-4H2,1-2H3. The molecule has 0 saturated heterocycles. The van der Waals surface area contributed by atoms with Crippen molar-refractivity contribution in [1.29, 1.82) is 0 Å². The molecule has 0 rings (SSSR count). The zero-order chi connectivity index (χ0) is 15.3. The Labute approximate surface area is 115 Å². The van der Waals surface area contributed by atoms with Gasteiger partial charge in [-0.3, -0.25) is 0 Å². The second kappa shape index (κ2) is 12.1. The summed E-state index contributed by atoms with van der Waals surface area (Å²) in [6, 6.07) is 0. The van der Waals surface area contributed by atoms with Crippen LogP contribution >= 0.6 is 0 Å². The van der Waals surface area contributed by atoms with Gasteiger partial charge in [-0.2, -0.15) is 8.42 Å². The van der Waals surface area contributed by atoms with Crippen molar-refractivity contribution in [1.82, 2.24) is 4.90 Å². The van der Waals surface area contributed by atoms with E-state index in [0.29, 0.717) is 6.61 Å². The van der Waals surface area contributed by atoms with Crippen molar-refractivity contribution < 1.29 is 26.3 Å². The fourth-order valence-corrected chi connectivity index (χ4v) is 1.36. The summed E-state index contributed by atoms with van der Waals surface area (Å²) in [5, 5.41) is 0. The minimum Gasteiger partial charge on any atom is -0.461 e. The Hall–Kier alpha value is -0.960. The van der Waals surface area contributed by atoms with Crippen molar-refractivity contribution in [3.8, 4) is 0 Å². The van der Waals surface area contributed by atoms with Crippen LogP contribution in [0.5, 0.6) is 0 Å². The number of likely N-dealkylation sites (N-methyl/N-ethyl adjacent to an activating group) is 1. The summed E-state index contributed by atoms with van der Waals surface area (Å²) in [5.41, 5.74) is 0. The first kappa shape index (κ1) is 20.4. The number of ether oxygens (including phenoxy) is 1. The first-order valence-corrected chi connectivity index (χ1v) is 7.10. The number of carbonyl (C=O) groups excluding carboxylic acids is 1. The van der Waals surface area contributed by atoms with Crippen LogP contribution in [-0.4, -0.2) is 59.7 Å². The molecule has 0 unspecified atom stereocenters. The van der Waals surface area contributed by atoms with E-state index in [-0.39, 0.29) is 19.2 Å². The van der Waals surface area contributed by atoms with E-state index < -0.39 is 10.4 Å². The number of rotatable bonds is 8. The Bertz CT molecular complexity index is 327. The highest BCUT2D eigenvalue weighted by Crippen LogP contribution is 1.93. The van der Waals surface area contributed by atoms with Crippen LogP contribution in [0.1, 0.15) is 13.8 Å². The van der Waals surface area contributed by atoms with E-state index >= 15 is 0 Å². The van der Waals surface area contributed by atoms with Crippen LogP contribution in [0.2, 0.25) is 0 Å². The molecule has 0 aromatic carbocycles. The molecule has 0 bridgehead atoms. The highest BCUT2D eigenvalue weighted by atomic mass is 32.3. The Morgan fingerprint density at radius 2 is 1.68 bits per heavy atom. The maximum absolute atomic E-state index is 10.4. The lowest BCUT2D eigenvalue weighted by molar-refractivity contribution is -0.137. The molecule has 0 saturated carbocycles. The second-order valence-corrected chi connectivity index (χ2v) is 4.68. The largest absolute Gasteiger partial charge is 0.461 e. The molecule has 19 heavy (non-hydrogen) atoms. The Morgan fingerprint density at radius 1 is 1.21 bits per heavy atom. The smallest absolute Gasteiger partial charge is 0.399 e. The van der Waals surface area contributed by atoms with Gasteiger partial charge in [-0.25, -0.2) is 13.2 Å². The summed E-state index contributed by atoms with van der Waals surface area (Å²) in [6.45, 7) is 7.83. The molecule has 0 aliphatic rings. The molecule has 0 aliphatic carbocycles. The number of hydrogen-bond acceptors (Lipinski definition) is 7. The highest BCUT2D eigenvalue weighted by Gasteiger charge is 2.06. The fourth-order valence-electron chi connectivity index (χ4n) is 0.710.